The van der Waals surface area contributed by atoms with Gasteiger partial charge >= 0.3 is 6.09 Å². The van der Waals surface area contributed by atoms with Crippen LogP contribution < -0.4 is 21.5 Å². The number of benzene rings is 1. The van der Waals surface area contributed by atoms with E-state index in [0.29, 0.717) is 18.1 Å². The summed E-state index contributed by atoms with van der Waals surface area (Å²) in [4.78, 5) is 65.4. The van der Waals surface area contributed by atoms with E-state index in [0.717, 1.165) is 21.2 Å². The van der Waals surface area contributed by atoms with Gasteiger partial charge in [0.1, 0.15) is 34.8 Å². The summed E-state index contributed by atoms with van der Waals surface area (Å²) >= 11 is 1.42. The van der Waals surface area contributed by atoms with E-state index in [9.17, 15) is 23.6 Å². The first kappa shape index (κ1) is 31.5. The minimum atomic E-state index is -0.851. The Morgan fingerprint density at radius 2 is 1.87 bits per heavy atom. The van der Waals surface area contributed by atoms with Crippen molar-refractivity contribution < 1.29 is 27.9 Å². The standard InChI is InChI=1S/C32H30FN7O6S/c1-16-9-22(27(41)36-13-18-10-17-12-34-25(11-24(17)47-18)39-31(44)46-32(2,3)4)40-26(16)35-14-21(30(40)43)38-28(42)23-15-37-29(45-23)19-7-5-6-8-20(19)33/h5-8,10-12,14-16,22H,9,13H2,1-4H3,(H,36,41)(H,38,42)(H,34,39,44)/t16-,22+/m1/s1. The van der Waals surface area contributed by atoms with E-state index < -0.39 is 35.0 Å². The molecule has 1 aliphatic rings. The molecule has 0 saturated carbocycles. The lowest BCUT2D eigenvalue weighted by molar-refractivity contribution is -0.124. The maximum atomic E-state index is 14.1. The number of fused-ring (bicyclic) bond motifs is 2. The molecular weight excluding hydrogens is 629 g/mol. The highest BCUT2D eigenvalue weighted by molar-refractivity contribution is 7.19. The van der Waals surface area contributed by atoms with E-state index in [1.165, 1.54) is 40.3 Å². The number of carbonyl (C=O) groups is 3. The van der Waals surface area contributed by atoms with Crippen molar-refractivity contribution in [3.05, 3.63) is 87.6 Å². The number of aromatic nitrogens is 4. The van der Waals surface area contributed by atoms with Gasteiger partial charge in [0, 0.05) is 27.1 Å². The highest BCUT2D eigenvalue weighted by atomic mass is 32.1. The van der Waals surface area contributed by atoms with Crippen LogP contribution in [-0.2, 0) is 16.1 Å². The fraction of sp³-hybridized carbons (Fsp3) is 0.281. The quantitative estimate of drug-likeness (QED) is 0.201. The maximum Gasteiger partial charge on any atom is 0.413 e. The fourth-order valence-electron chi connectivity index (χ4n) is 5.17. The molecule has 1 aromatic carbocycles. The molecule has 0 saturated heterocycles. The number of pyridine rings is 1. The van der Waals surface area contributed by atoms with Gasteiger partial charge in [-0.05, 0) is 51.5 Å². The van der Waals surface area contributed by atoms with Gasteiger partial charge in [-0.1, -0.05) is 19.1 Å². The lowest BCUT2D eigenvalue weighted by Crippen LogP contribution is -2.36. The molecule has 5 aromatic rings. The zero-order valence-electron chi connectivity index (χ0n) is 25.8. The highest BCUT2D eigenvalue weighted by Gasteiger charge is 2.36. The van der Waals surface area contributed by atoms with Crippen LogP contribution in [0.5, 0.6) is 0 Å². The lowest BCUT2D eigenvalue weighted by atomic mass is 10.1. The zero-order chi connectivity index (χ0) is 33.5. The average molecular weight is 660 g/mol. The number of nitrogens with zero attached hydrogens (tertiary/aromatic N) is 4. The van der Waals surface area contributed by atoms with Crippen LogP contribution in [0.15, 0.2) is 64.2 Å². The Hall–Kier alpha value is -5.44. The number of oxazole rings is 1. The van der Waals surface area contributed by atoms with Gasteiger partial charge in [-0.3, -0.25) is 24.3 Å². The Labute approximate surface area is 271 Å². The van der Waals surface area contributed by atoms with Gasteiger partial charge in [-0.2, -0.15) is 0 Å². The fourth-order valence-corrected chi connectivity index (χ4v) is 6.18. The van der Waals surface area contributed by atoms with Crippen LogP contribution in [0.25, 0.3) is 21.5 Å². The summed E-state index contributed by atoms with van der Waals surface area (Å²) in [5, 5.41) is 8.84. The molecule has 6 rings (SSSR count). The molecule has 1 aliphatic heterocycles. The third-order valence-corrected chi connectivity index (χ3v) is 8.35. The SMILES string of the molecule is C[C@@H]1C[C@@H](C(=O)NCc2cc3cnc(NC(=O)OC(C)(C)C)cc3s2)n2c1ncc(NC(=O)c1cnc(-c3ccccc3F)o1)c2=O. The second-order valence-corrected chi connectivity index (χ2v) is 13.2. The molecule has 0 bridgehead atoms. The normalized spacial score (nSPS) is 15.7. The summed E-state index contributed by atoms with van der Waals surface area (Å²) in [6.45, 7) is 7.37. The maximum absolute atomic E-state index is 14.1. The van der Waals surface area contributed by atoms with Crippen molar-refractivity contribution in [2.75, 3.05) is 10.6 Å². The molecule has 0 aliphatic carbocycles. The Morgan fingerprint density at radius 1 is 1.09 bits per heavy atom. The highest BCUT2D eigenvalue weighted by Crippen LogP contribution is 2.34. The topological polar surface area (TPSA) is 170 Å². The Balaban J connectivity index is 1.13. The minimum Gasteiger partial charge on any atom is -0.444 e. The number of amides is 3. The molecule has 13 nitrogen and oxygen atoms in total. The summed E-state index contributed by atoms with van der Waals surface area (Å²) in [5.41, 5.74) is -1.31. The van der Waals surface area contributed by atoms with Gasteiger partial charge in [-0.25, -0.2) is 24.1 Å². The van der Waals surface area contributed by atoms with Crippen LogP contribution in [0.3, 0.4) is 0 Å². The first-order valence-corrected chi connectivity index (χ1v) is 15.5. The predicted molar refractivity (Wildman–Crippen MR) is 172 cm³/mol. The van der Waals surface area contributed by atoms with Crippen LogP contribution in [0.1, 0.15) is 67.3 Å². The van der Waals surface area contributed by atoms with E-state index in [2.05, 4.69) is 30.9 Å². The largest absolute Gasteiger partial charge is 0.444 e. The molecule has 0 radical (unpaired) electrons. The molecule has 0 spiro atoms. The third kappa shape index (κ3) is 6.74. The van der Waals surface area contributed by atoms with Gasteiger partial charge in [0.25, 0.3) is 11.5 Å². The number of anilines is 2. The van der Waals surface area contributed by atoms with E-state index in [-0.39, 0.29) is 41.3 Å². The minimum absolute atomic E-state index is 0.0842. The van der Waals surface area contributed by atoms with Gasteiger partial charge in [0.2, 0.25) is 17.6 Å². The van der Waals surface area contributed by atoms with Crippen LogP contribution in [0.2, 0.25) is 0 Å². The molecule has 0 unspecified atom stereocenters. The van der Waals surface area contributed by atoms with Gasteiger partial charge in [0.15, 0.2) is 0 Å². The number of halogens is 1. The molecule has 47 heavy (non-hydrogen) atoms. The predicted octanol–water partition coefficient (Wildman–Crippen LogP) is 5.61. The smallest absolute Gasteiger partial charge is 0.413 e. The summed E-state index contributed by atoms with van der Waals surface area (Å²) in [7, 11) is 0. The summed E-state index contributed by atoms with van der Waals surface area (Å²) in [6.07, 6.45) is 3.73. The number of ether oxygens (including phenoxy) is 1. The number of hydrogen-bond donors (Lipinski definition) is 3. The van der Waals surface area contributed by atoms with E-state index in [1.807, 2.05) is 13.0 Å². The van der Waals surface area contributed by atoms with Crippen molar-refractivity contribution in [2.45, 2.75) is 58.2 Å². The second-order valence-electron chi connectivity index (χ2n) is 12.0. The molecule has 242 valence electrons. The van der Waals surface area contributed by atoms with Crippen LogP contribution in [0, 0.1) is 5.82 Å². The Kier molecular flexibility index (Phi) is 8.32. The molecule has 15 heteroatoms. The van der Waals surface area contributed by atoms with Gasteiger partial charge < -0.3 is 19.8 Å². The van der Waals surface area contributed by atoms with Crippen LogP contribution in [0.4, 0.5) is 20.7 Å². The lowest BCUT2D eigenvalue weighted by Gasteiger charge is -2.19. The Morgan fingerprint density at radius 3 is 2.64 bits per heavy atom. The molecule has 0 fully saturated rings. The van der Waals surface area contributed by atoms with Crippen molar-refractivity contribution in [1.29, 1.82) is 0 Å². The number of rotatable bonds is 7. The van der Waals surface area contributed by atoms with Crippen molar-refractivity contribution in [2.24, 2.45) is 0 Å². The zero-order valence-corrected chi connectivity index (χ0v) is 26.6. The summed E-state index contributed by atoms with van der Waals surface area (Å²) in [6, 6.07) is 8.60. The van der Waals surface area contributed by atoms with Gasteiger partial charge in [0.05, 0.1) is 24.5 Å². The van der Waals surface area contributed by atoms with Crippen LogP contribution >= 0.6 is 11.3 Å². The van der Waals surface area contributed by atoms with Crippen molar-refractivity contribution in [3.63, 3.8) is 0 Å². The third-order valence-electron chi connectivity index (χ3n) is 7.25. The van der Waals surface area contributed by atoms with Gasteiger partial charge in [-0.15, -0.1) is 11.3 Å². The summed E-state index contributed by atoms with van der Waals surface area (Å²) in [5.74, 6) is -1.47. The van der Waals surface area contributed by atoms with Crippen molar-refractivity contribution in [3.8, 4) is 11.5 Å². The summed E-state index contributed by atoms with van der Waals surface area (Å²) < 4.78 is 27.0. The van der Waals surface area contributed by atoms with Crippen molar-refractivity contribution >= 4 is 50.8 Å². The first-order chi connectivity index (χ1) is 22.4. The van der Waals surface area contributed by atoms with E-state index >= 15 is 0 Å². The number of thiophene rings is 1. The number of carbonyl (C=O) groups excluding carboxylic acids is 3. The van der Waals surface area contributed by atoms with Crippen molar-refractivity contribution in [1.82, 2.24) is 24.8 Å². The molecule has 4 aromatic heterocycles. The first-order valence-electron chi connectivity index (χ1n) is 14.7. The molecular formula is C32H30FN7O6S. The van der Waals surface area contributed by atoms with E-state index in [4.69, 9.17) is 9.15 Å². The van der Waals surface area contributed by atoms with Crippen LogP contribution in [-0.4, -0.2) is 43.0 Å². The Bertz CT molecular complexity index is 2080. The average Bonchev–Trinajstić information content (AvgIpc) is 3.74. The number of nitrogens with one attached hydrogen (secondary N) is 3. The molecule has 2 atom stereocenters. The second kappa shape index (κ2) is 12.4. The molecule has 3 amide bonds. The monoisotopic (exact) mass is 659 g/mol. The van der Waals surface area contributed by atoms with E-state index in [1.54, 1.807) is 39.1 Å². The number of hydrogen-bond acceptors (Lipinski definition) is 10. The molecule has 3 N–H and O–H groups in total. The molecule has 5 heterocycles.